The van der Waals surface area contributed by atoms with E-state index in [0.29, 0.717) is 5.75 Å². The zero-order valence-electron chi connectivity index (χ0n) is 9.92. The van der Waals surface area contributed by atoms with Crippen molar-refractivity contribution in [2.45, 2.75) is 12.3 Å². The van der Waals surface area contributed by atoms with E-state index < -0.39 is 24.8 Å². The highest BCUT2D eigenvalue weighted by molar-refractivity contribution is 5.95. The topological polar surface area (TPSA) is 64.3 Å². The Morgan fingerprint density at radius 3 is 2.58 bits per heavy atom. The Morgan fingerprint density at radius 2 is 2.11 bits per heavy atom. The van der Waals surface area contributed by atoms with Gasteiger partial charge in [-0.25, -0.2) is 8.78 Å². The van der Waals surface area contributed by atoms with Crippen LogP contribution in [0.3, 0.4) is 0 Å². The monoisotopic (exact) mass is 280 g/mol. The highest BCUT2D eigenvalue weighted by Gasteiger charge is 2.40. The minimum atomic E-state index is -4.27. The molecular weight excluding hydrogens is 268 g/mol. The molecule has 0 unspecified atom stereocenters. The normalized spacial score (nSPS) is 11.5. The smallest absolute Gasteiger partial charge is 0.324 e. The van der Waals surface area contributed by atoms with Crippen LogP contribution in [0, 0.1) is 0 Å². The fourth-order valence-corrected chi connectivity index (χ4v) is 1.25. The first-order valence-corrected chi connectivity index (χ1v) is 5.15. The molecule has 4 nitrogen and oxygen atoms in total. The Bertz CT molecular complexity index is 466. The highest BCUT2D eigenvalue weighted by Crippen LogP contribution is 2.23. The van der Waals surface area contributed by atoms with Crippen LogP contribution in [-0.4, -0.2) is 31.9 Å². The van der Waals surface area contributed by atoms with Gasteiger partial charge in [0, 0.05) is 5.56 Å². The van der Waals surface area contributed by atoms with E-state index in [9.17, 15) is 22.4 Å². The Balaban J connectivity index is 2.72. The summed E-state index contributed by atoms with van der Waals surface area (Å²) in [6.45, 7) is -1.45. The molecule has 8 heteroatoms. The van der Waals surface area contributed by atoms with Crippen LogP contribution in [0.2, 0.25) is 0 Å². The highest BCUT2D eigenvalue weighted by atomic mass is 19.3. The predicted octanol–water partition coefficient (Wildman–Crippen LogP) is 1.91. The number of carbonyl (C=O) groups is 1. The van der Waals surface area contributed by atoms with Crippen molar-refractivity contribution >= 4 is 11.6 Å². The van der Waals surface area contributed by atoms with Crippen LogP contribution in [-0.2, 0) is 0 Å². The molecule has 0 atom stereocenters. The van der Waals surface area contributed by atoms with Gasteiger partial charge in [-0.05, 0) is 18.2 Å². The van der Waals surface area contributed by atoms with Gasteiger partial charge in [-0.2, -0.15) is 8.78 Å². The number of anilines is 1. The molecule has 0 heterocycles. The van der Waals surface area contributed by atoms with Gasteiger partial charge in [0.2, 0.25) is 0 Å². The first kappa shape index (κ1) is 15.1. The first-order chi connectivity index (χ1) is 8.77. The summed E-state index contributed by atoms with van der Waals surface area (Å²) >= 11 is 0. The summed E-state index contributed by atoms with van der Waals surface area (Å²) in [5, 5.41) is 1.72. The number of methoxy groups -OCH3 is 1. The third-order valence-electron chi connectivity index (χ3n) is 2.30. The van der Waals surface area contributed by atoms with E-state index in [-0.39, 0.29) is 11.3 Å². The number of halogens is 4. The van der Waals surface area contributed by atoms with Crippen molar-refractivity contribution in [2.75, 3.05) is 19.4 Å². The zero-order valence-corrected chi connectivity index (χ0v) is 9.92. The van der Waals surface area contributed by atoms with E-state index in [0.717, 1.165) is 0 Å². The number of nitrogens with two attached hydrogens (primary N) is 1. The van der Waals surface area contributed by atoms with E-state index in [1.54, 1.807) is 5.32 Å². The molecule has 0 aliphatic rings. The molecule has 0 bridgehead atoms. The summed E-state index contributed by atoms with van der Waals surface area (Å²) in [7, 11) is 1.37. The van der Waals surface area contributed by atoms with Crippen LogP contribution in [0.5, 0.6) is 5.75 Å². The Labute approximate surface area is 106 Å². The molecule has 0 saturated heterocycles. The number of amides is 1. The van der Waals surface area contributed by atoms with E-state index in [1.165, 1.54) is 25.3 Å². The minimum Gasteiger partial charge on any atom is -0.495 e. The van der Waals surface area contributed by atoms with Gasteiger partial charge in [0.05, 0.1) is 19.3 Å². The third kappa shape index (κ3) is 3.73. The largest absolute Gasteiger partial charge is 0.495 e. The van der Waals surface area contributed by atoms with E-state index in [4.69, 9.17) is 10.5 Å². The quantitative estimate of drug-likeness (QED) is 0.639. The lowest BCUT2D eigenvalue weighted by Gasteiger charge is -2.16. The number of hydrogen-bond donors (Lipinski definition) is 2. The van der Waals surface area contributed by atoms with Crippen molar-refractivity contribution in [3.05, 3.63) is 23.8 Å². The standard InChI is InChI=1S/C11H12F4N2O2/c1-19-8-3-2-6(4-7(8)16)9(18)17-5-11(14,15)10(12)13/h2-4,10H,5,16H2,1H3,(H,17,18). The second kappa shape index (κ2) is 5.77. The fourth-order valence-electron chi connectivity index (χ4n) is 1.25. The molecule has 0 aliphatic carbocycles. The van der Waals surface area contributed by atoms with Crippen molar-refractivity contribution in [3.8, 4) is 5.75 Å². The summed E-state index contributed by atoms with van der Waals surface area (Å²) in [4.78, 5) is 11.5. The summed E-state index contributed by atoms with van der Waals surface area (Å²) in [6, 6.07) is 3.86. The molecule has 0 radical (unpaired) electrons. The molecule has 1 rings (SSSR count). The predicted molar refractivity (Wildman–Crippen MR) is 60.7 cm³/mol. The number of rotatable bonds is 5. The van der Waals surface area contributed by atoms with E-state index >= 15 is 0 Å². The Kier molecular flexibility index (Phi) is 4.57. The number of benzene rings is 1. The molecule has 3 N–H and O–H groups in total. The van der Waals surface area contributed by atoms with Crippen LogP contribution in [0.4, 0.5) is 23.2 Å². The lowest BCUT2D eigenvalue weighted by atomic mass is 10.1. The van der Waals surface area contributed by atoms with Crippen LogP contribution < -0.4 is 15.8 Å². The average Bonchev–Trinajstić information content (AvgIpc) is 2.35. The van der Waals surface area contributed by atoms with Gasteiger partial charge < -0.3 is 15.8 Å². The summed E-state index contributed by atoms with van der Waals surface area (Å²) in [5.74, 6) is -4.88. The molecule has 19 heavy (non-hydrogen) atoms. The van der Waals surface area contributed by atoms with Gasteiger partial charge in [-0.15, -0.1) is 0 Å². The Morgan fingerprint density at radius 1 is 1.47 bits per heavy atom. The third-order valence-corrected chi connectivity index (χ3v) is 2.30. The van der Waals surface area contributed by atoms with Crippen molar-refractivity contribution < 1.29 is 27.1 Å². The first-order valence-electron chi connectivity index (χ1n) is 5.15. The second-order valence-electron chi connectivity index (χ2n) is 3.70. The molecule has 0 spiro atoms. The molecule has 1 aromatic rings. The number of alkyl halides is 4. The maximum Gasteiger partial charge on any atom is 0.324 e. The minimum absolute atomic E-state index is 0.0247. The Hall–Kier alpha value is -1.99. The summed E-state index contributed by atoms with van der Waals surface area (Å²) in [6.07, 6.45) is -3.84. The van der Waals surface area contributed by atoms with Crippen molar-refractivity contribution in [1.29, 1.82) is 0 Å². The number of hydrogen-bond acceptors (Lipinski definition) is 3. The van der Waals surface area contributed by atoms with E-state index in [1.807, 2.05) is 0 Å². The van der Waals surface area contributed by atoms with Gasteiger partial charge in [0.15, 0.2) is 0 Å². The zero-order chi connectivity index (χ0) is 14.6. The van der Waals surface area contributed by atoms with Gasteiger partial charge in [0.25, 0.3) is 5.91 Å². The lowest BCUT2D eigenvalue weighted by molar-refractivity contribution is -0.123. The molecule has 1 amide bonds. The molecule has 106 valence electrons. The number of nitrogen functional groups attached to an aromatic ring is 1. The van der Waals surface area contributed by atoms with Crippen molar-refractivity contribution in [2.24, 2.45) is 0 Å². The summed E-state index contributed by atoms with van der Waals surface area (Å²) in [5.41, 5.74) is 5.64. The van der Waals surface area contributed by atoms with Crippen LogP contribution in [0.15, 0.2) is 18.2 Å². The number of nitrogens with one attached hydrogen (secondary N) is 1. The maximum atomic E-state index is 12.6. The van der Waals surface area contributed by atoms with Crippen LogP contribution in [0.25, 0.3) is 0 Å². The fraction of sp³-hybridized carbons (Fsp3) is 0.364. The van der Waals surface area contributed by atoms with Crippen molar-refractivity contribution in [3.63, 3.8) is 0 Å². The van der Waals surface area contributed by atoms with Gasteiger partial charge in [-0.3, -0.25) is 4.79 Å². The van der Waals surface area contributed by atoms with E-state index in [2.05, 4.69) is 0 Å². The molecular formula is C11H12F4N2O2. The van der Waals surface area contributed by atoms with Crippen LogP contribution >= 0.6 is 0 Å². The molecule has 1 aromatic carbocycles. The maximum absolute atomic E-state index is 12.6. The SMILES string of the molecule is COc1ccc(C(=O)NCC(F)(F)C(F)F)cc1N. The van der Waals surface area contributed by atoms with Gasteiger partial charge in [0.1, 0.15) is 5.75 Å². The van der Waals surface area contributed by atoms with Gasteiger partial charge >= 0.3 is 12.3 Å². The summed E-state index contributed by atoms with van der Waals surface area (Å²) < 4.78 is 53.9. The van der Waals surface area contributed by atoms with Crippen molar-refractivity contribution in [1.82, 2.24) is 5.32 Å². The van der Waals surface area contributed by atoms with Gasteiger partial charge in [-0.1, -0.05) is 0 Å². The molecule has 0 fully saturated rings. The second-order valence-corrected chi connectivity index (χ2v) is 3.70. The number of ether oxygens (including phenoxy) is 1. The average molecular weight is 280 g/mol. The van der Waals surface area contributed by atoms with Crippen LogP contribution in [0.1, 0.15) is 10.4 Å². The lowest BCUT2D eigenvalue weighted by Crippen LogP contribution is -2.41. The number of carbonyl (C=O) groups excluding carboxylic acids is 1. The molecule has 0 saturated carbocycles. The molecule has 0 aliphatic heterocycles. The molecule has 0 aromatic heterocycles.